The molecule has 0 saturated heterocycles. The summed E-state index contributed by atoms with van der Waals surface area (Å²) in [4.78, 5) is 10.6. The first-order chi connectivity index (χ1) is 10.9. The van der Waals surface area contributed by atoms with Crippen molar-refractivity contribution in [2.45, 2.75) is 6.18 Å². The summed E-state index contributed by atoms with van der Waals surface area (Å²) in [5.41, 5.74) is 0.816. The highest BCUT2D eigenvalue weighted by Crippen LogP contribution is 2.32. The van der Waals surface area contributed by atoms with Gasteiger partial charge in [-0.15, -0.1) is 0 Å². The second kappa shape index (κ2) is 6.96. The minimum absolute atomic E-state index is 0.362. The Morgan fingerprint density at radius 1 is 0.957 bits per heavy atom. The Morgan fingerprint density at radius 2 is 1.61 bits per heavy atom. The molecular formula is C18H13F3O2. The van der Waals surface area contributed by atoms with Gasteiger partial charge in [0, 0.05) is 6.08 Å². The third-order valence-corrected chi connectivity index (χ3v) is 3.09. The van der Waals surface area contributed by atoms with Crippen molar-refractivity contribution in [1.82, 2.24) is 0 Å². The summed E-state index contributed by atoms with van der Waals surface area (Å²) < 4.78 is 38.6. The van der Waals surface area contributed by atoms with Crippen LogP contribution in [0.2, 0.25) is 0 Å². The van der Waals surface area contributed by atoms with Crippen molar-refractivity contribution in [1.29, 1.82) is 0 Å². The van der Waals surface area contributed by atoms with E-state index < -0.39 is 17.7 Å². The number of rotatable bonds is 4. The van der Waals surface area contributed by atoms with E-state index in [0.717, 1.165) is 18.2 Å². The molecule has 0 aliphatic carbocycles. The van der Waals surface area contributed by atoms with Crippen LogP contribution in [0.25, 0.3) is 5.57 Å². The summed E-state index contributed by atoms with van der Waals surface area (Å²) in [5.74, 6) is -1.13. The number of allylic oxidation sites excluding steroid dienone is 2. The molecule has 1 N–H and O–H groups in total. The van der Waals surface area contributed by atoms with E-state index in [1.54, 1.807) is 36.4 Å². The number of halogens is 3. The van der Waals surface area contributed by atoms with Gasteiger partial charge in [-0.2, -0.15) is 13.2 Å². The lowest BCUT2D eigenvalue weighted by molar-refractivity contribution is -0.137. The molecule has 5 heteroatoms. The van der Waals surface area contributed by atoms with Crippen LogP contribution in [-0.2, 0) is 11.0 Å². The molecule has 0 bridgehead atoms. The highest BCUT2D eigenvalue weighted by molar-refractivity contribution is 5.84. The van der Waals surface area contributed by atoms with Crippen molar-refractivity contribution in [2.75, 3.05) is 0 Å². The molecule has 118 valence electrons. The number of alkyl halides is 3. The van der Waals surface area contributed by atoms with Gasteiger partial charge in [-0.25, -0.2) is 4.79 Å². The predicted molar refractivity (Wildman–Crippen MR) is 81.7 cm³/mol. The molecule has 0 saturated carbocycles. The summed E-state index contributed by atoms with van der Waals surface area (Å²) in [6, 6.07) is 13.8. The SMILES string of the molecule is O=C(O)/C=C/C=C(\c1ccccc1)c1cccc(C(F)(F)F)c1. The van der Waals surface area contributed by atoms with Crippen LogP contribution < -0.4 is 0 Å². The lowest BCUT2D eigenvalue weighted by Gasteiger charge is -2.11. The molecule has 2 aromatic carbocycles. The van der Waals surface area contributed by atoms with E-state index in [2.05, 4.69) is 0 Å². The molecule has 23 heavy (non-hydrogen) atoms. The summed E-state index contributed by atoms with van der Waals surface area (Å²) in [5, 5.41) is 8.65. The molecule has 0 heterocycles. The number of carboxylic acids is 1. The number of hydrogen-bond acceptors (Lipinski definition) is 1. The Morgan fingerprint density at radius 3 is 2.22 bits per heavy atom. The topological polar surface area (TPSA) is 37.3 Å². The molecule has 0 radical (unpaired) electrons. The molecule has 0 atom stereocenters. The molecule has 0 aliphatic heterocycles. The Kier molecular flexibility index (Phi) is 5.01. The lowest BCUT2D eigenvalue weighted by atomic mass is 9.96. The van der Waals surface area contributed by atoms with Crippen molar-refractivity contribution in [2.24, 2.45) is 0 Å². The van der Waals surface area contributed by atoms with Gasteiger partial charge in [-0.05, 0) is 28.8 Å². The fourth-order valence-corrected chi connectivity index (χ4v) is 2.07. The number of benzene rings is 2. The van der Waals surface area contributed by atoms with Crippen LogP contribution in [0.1, 0.15) is 16.7 Å². The molecule has 0 aromatic heterocycles. The summed E-state index contributed by atoms with van der Waals surface area (Å²) in [6.07, 6.45) is -0.727. The van der Waals surface area contributed by atoms with Crippen LogP contribution in [0, 0.1) is 0 Å². The van der Waals surface area contributed by atoms with E-state index in [4.69, 9.17) is 5.11 Å². The van der Waals surface area contributed by atoms with Crippen molar-refractivity contribution in [3.05, 3.63) is 89.5 Å². The summed E-state index contributed by atoms with van der Waals surface area (Å²) in [7, 11) is 0. The van der Waals surface area contributed by atoms with Crippen LogP contribution in [-0.4, -0.2) is 11.1 Å². The molecule has 0 aliphatic rings. The van der Waals surface area contributed by atoms with E-state index in [1.807, 2.05) is 0 Å². The zero-order valence-electron chi connectivity index (χ0n) is 11.9. The quantitative estimate of drug-likeness (QED) is 0.651. The average Bonchev–Trinajstić information content (AvgIpc) is 2.51. The van der Waals surface area contributed by atoms with Gasteiger partial charge in [-0.1, -0.05) is 54.6 Å². The van der Waals surface area contributed by atoms with Crippen molar-refractivity contribution in [3.63, 3.8) is 0 Å². The first-order valence-electron chi connectivity index (χ1n) is 6.72. The van der Waals surface area contributed by atoms with Gasteiger partial charge in [0.05, 0.1) is 5.56 Å². The minimum Gasteiger partial charge on any atom is -0.478 e. The van der Waals surface area contributed by atoms with E-state index in [1.165, 1.54) is 18.2 Å². The van der Waals surface area contributed by atoms with Gasteiger partial charge >= 0.3 is 12.1 Å². The van der Waals surface area contributed by atoms with E-state index >= 15 is 0 Å². The Bertz CT molecular complexity index is 744. The fourth-order valence-electron chi connectivity index (χ4n) is 2.07. The minimum atomic E-state index is -4.44. The molecule has 2 aromatic rings. The summed E-state index contributed by atoms with van der Waals surface area (Å²) in [6.45, 7) is 0. The first kappa shape index (κ1) is 16.5. The van der Waals surface area contributed by atoms with Crippen LogP contribution >= 0.6 is 0 Å². The maximum atomic E-state index is 12.9. The zero-order chi connectivity index (χ0) is 16.9. The smallest absolute Gasteiger partial charge is 0.416 e. The van der Waals surface area contributed by atoms with Crippen LogP contribution in [0.15, 0.2) is 72.8 Å². The van der Waals surface area contributed by atoms with Crippen molar-refractivity contribution < 1.29 is 23.1 Å². The number of carbonyl (C=O) groups is 1. The standard InChI is InChI=1S/C18H13F3O2/c19-18(20,21)15-9-4-8-14(12-15)16(10-5-11-17(22)23)13-6-2-1-3-7-13/h1-12H,(H,22,23)/b11-5+,16-10+. The van der Waals surface area contributed by atoms with Gasteiger partial charge in [0.25, 0.3) is 0 Å². The first-order valence-corrected chi connectivity index (χ1v) is 6.72. The summed E-state index contributed by atoms with van der Waals surface area (Å²) >= 11 is 0. The molecule has 0 fully saturated rings. The highest BCUT2D eigenvalue weighted by atomic mass is 19.4. The van der Waals surface area contributed by atoms with E-state index in [-0.39, 0.29) is 0 Å². The lowest BCUT2D eigenvalue weighted by Crippen LogP contribution is -2.05. The molecule has 2 nitrogen and oxygen atoms in total. The van der Waals surface area contributed by atoms with Crippen LogP contribution in [0.3, 0.4) is 0 Å². The number of aliphatic carboxylic acids is 1. The second-order valence-electron chi connectivity index (χ2n) is 4.72. The van der Waals surface area contributed by atoms with Gasteiger partial charge in [0.15, 0.2) is 0 Å². The van der Waals surface area contributed by atoms with Crippen LogP contribution in [0.4, 0.5) is 13.2 Å². The van der Waals surface area contributed by atoms with Gasteiger partial charge in [0.2, 0.25) is 0 Å². The van der Waals surface area contributed by atoms with Gasteiger partial charge in [-0.3, -0.25) is 0 Å². The normalized spacial score (nSPS) is 12.6. The number of hydrogen-bond donors (Lipinski definition) is 1. The third-order valence-electron chi connectivity index (χ3n) is 3.09. The maximum Gasteiger partial charge on any atom is 0.416 e. The average molecular weight is 318 g/mol. The Labute approximate surface area is 131 Å². The molecule has 2 rings (SSSR count). The van der Waals surface area contributed by atoms with Crippen molar-refractivity contribution >= 4 is 11.5 Å². The van der Waals surface area contributed by atoms with Crippen molar-refractivity contribution in [3.8, 4) is 0 Å². The molecule has 0 spiro atoms. The van der Waals surface area contributed by atoms with Crippen LogP contribution in [0.5, 0.6) is 0 Å². The zero-order valence-corrected chi connectivity index (χ0v) is 11.9. The fraction of sp³-hybridized carbons (Fsp3) is 0.0556. The van der Waals surface area contributed by atoms with E-state index in [9.17, 15) is 18.0 Å². The number of carboxylic acid groups (broad SMARTS) is 1. The second-order valence-corrected chi connectivity index (χ2v) is 4.72. The van der Waals surface area contributed by atoms with E-state index in [0.29, 0.717) is 16.7 Å². The predicted octanol–water partition coefficient (Wildman–Crippen LogP) is 4.78. The third kappa shape index (κ3) is 4.57. The highest BCUT2D eigenvalue weighted by Gasteiger charge is 2.30. The largest absolute Gasteiger partial charge is 0.478 e. The molecular weight excluding hydrogens is 305 g/mol. The molecule has 0 amide bonds. The van der Waals surface area contributed by atoms with Gasteiger partial charge < -0.3 is 5.11 Å². The Hall–Kier alpha value is -2.82. The van der Waals surface area contributed by atoms with Gasteiger partial charge in [0.1, 0.15) is 0 Å². The monoisotopic (exact) mass is 318 g/mol. The Balaban J connectivity index is 2.52. The maximum absolute atomic E-state index is 12.9. The molecule has 0 unspecified atom stereocenters.